The molecular weight excluding hydrogens is 362 g/mol. The van der Waals surface area contributed by atoms with Crippen LogP contribution in [0.5, 0.6) is 0 Å². The number of piperidine rings is 1. The standard InChI is InChI=1S/C23H35N5O/c1-5-24-23(25-15-17(2)22-18(3)27-29-19(22)4)26-21-11-13-28(14-12-21)16-20-9-7-6-8-10-20/h6-10,17,21H,5,11-16H2,1-4H3,(H2,24,25,26). The Kier molecular flexibility index (Phi) is 7.69. The summed E-state index contributed by atoms with van der Waals surface area (Å²) in [4.78, 5) is 7.38. The minimum Gasteiger partial charge on any atom is -0.361 e. The van der Waals surface area contributed by atoms with Crippen molar-refractivity contribution in [2.24, 2.45) is 4.99 Å². The van der Waals surface area contributed by atoms with Gasteiger partial charge in [0.1, 0.15) is 5.76 Å². The van der Waals surface area contributed by atoms with Crippen molar-refractivity contribution in [1.82, 2.24) is 20.7 Å². The Hall–Kier alpha value is -2.34. The van der Waals surface area contributed by atoms with Crippen molar-refractivity contribution in [3.05, 3.63) is 52.9 Å². The SMILES string of the molecule is CCNC(=NCC(C)c1c(C)noc1C)NC1CCN(Cc2ccccc2)CC1. The molecule has 1 aliphatic rings. The number of rotatable bonds is 7. The Labute approximate surface area is 174 Å². The molecule has 2 heterocycles. The molecule has 158 valence electrons. The lowest BCUT2D eigenvalue weighted by molar-refractivity contribution is 0.198. The van der Waals surface area contributed by atoms with Gasteiger partial charge in [0.05, 0.1) is 5.69 Å². The Balaban J connectivity index is 1.51. The number of nitrogens with zero attached hydrogens (tertiary/aromatic N) is 3. The molecule has 1 fully saturated rings. The summed E-state index contributed by atoms with van der Waals surface area (Å²) >= 11 is 0. The van der Waals surface area contributed by atoms with Crippen LogP contribution in [0.25, 0.3) is 0 Å². The maximum Gasteiger partial charge on any atom is 0.191 e. The number of guanidine groups is 1. The van der Waals surface area contributed by atoms with E-state index in [0.717, 1.165) is 56.4 Å². The number of hydrogen-bond donors (Lipinski definition) is 2. The van der Waals surface area contributed by atoms with Gasteiger partial charge in [-0.1, -0.05) is 42.4 Å². The van der Waals surface area contributed by atoms with Gasteiger partial charge in [-0.2, -0.15) is 0 Å². The molecule has 1 unspecified atom stereocenters. The first-order valence-corrected chi connectivity index (χ1v) is 10.8. The first-order valence-electron chi connectivity index (χ1n) is 10.8. The topological polar surface area (TPSA) is 65.7 Å². The second-order valence-electron chi connectivity index (χ2n) is 8.04. The molecule has 1 atom stereocenters. The van der Waals surface area contributed by atoms with E-state index in [9.17, 15) is 0 Å². The molecule has 2 aromatic rings. The van der Waals surface area contributed by atoms with Crippen molar-refractivity contribution in [2.45, 2.75) is 59.0 Å². The van der Waals surface area contributed by atoms with E-state index in [2.05, 4.69) is 64.9 Å². The number of hydrogen-bond acceptors (Lipinski definition) is 4. The van der Waals surface area contributed by atoms with Gasteiger partial charge in [0.25, 0.3) is 0 Å². The van der Waals surface area contributed by atoms with E-state index in [0.29, 0.717) is 12.6 Å². The lowest BCUT2D eigenvalue weighted by Gasteiger charge is -2.33. The fraction of sp³-hybridized carbons (Fsp3) is 0.565. The highest BCUT2D eigenvalue weighted by molar-refractivity contribution is 5.80. The van der Waals surface area contributed by atoms with E-state index in [1.165, 1.54) is 11.1 Å². The van der Waals surface area contributed by atoms with E-state index in [1.54, 1.807) is 0 Å². The summed E-state index contributed by atoms with van der Waals surface area (Å²) in [6.07, 6.45) is 2.27. The molecule has 0 amide bonds. The van der Waals surface area contributed by atoms with E-state index in [1.807, 2.05) is 13.8 Å². The minimum absolute atomic E-state index is 0.282. The largest absolute Gasteiger partial charge is 0.361 e. The van der Waals surface area contributed by atoms with Crippen LogP contribution in [-0.4, -0.2) is 48.2 Å². The summed E-state index contributed by atoms with van der Waals surface area (Å²) in [5.74, 6) is 2.09. The Bertz CT molecular complexity index is 758. The van der Waals surface area contributed by atoms with Gasteiger partial charge in [-0.15, -0.1) is 0 Å². The molecule has 0 aliphatic carbocycles. The third-order valence-electron chi connectivity index (χ3n) is 5.63. The quantitative estimate of drug-likeness (QED) is 0.552. The van der Waals surface area contributed by atoms with Gasteiger partial charge in [0.15, 0.2) is 5.96 Å². The normalized spacial score (nSPS) is 17.3. The van der Waals surface area contributed by atoms with Crippen LogP contribution in [0, 0.1) is 13.8 Å². The predicted molar refractivity (Wildman–Crippen MR) is 118 cm³/mol. The van der Waals surface area contributed by atoms with E-state index in [-0.39, 0.29) is 5.92 Å². The van der Waals surface area contributed by atoms with Crippen LogP contribution in [0.4, 0.5) is 0 Å². The zero-order valence-corrected chi connectivity index (χ0v) is 18.2. The number of benzene rings is 1. The van der Waals surface area contributed by atoms with E-state index < -0.39 is 0 Å². The monoisotopic (exact) mass is 397 g/mol. The van der Waals surface area contributed by atoms with E-state index in [4.69, 9.17) is 9.52 Å². The maximum absolute atomic E-state index is 5.31. The molecule has 0 spiro atoms. The third kappa shape index (κ3) is 6.07. The second-order valence-corrected chi connectivity index (χ2v) is 8.04. The highest BCUT2D eigenvalue weighted by Gasteiger charge is 2.21. The van der Waals surface area contributed by atoms with Crippen LogP contribution in [0.2, 0.25) is 0 Å². The van der Waals surface area contributed by atoms with Crippen molar-refractivity contribution in [2.75, 3.05) is 26.2 Å². The lowest BCUT2D eigenvalue weighted by Crippen LogP contribution is -2.48. The summed E-state index contributed by atoms with van der Waals surface area (Å²) in [6, 6.07) is 11.2. The third-order valence-corrected chi connectivity index (χ3v) is 5.63. The Morgan fingerprint density at radius 3 is 2.59 bits per heavy atom. The van der Waals surface area contributed by atoms with Crippen LogP contribution in [-0.2, 0) is 6.54 Å². The summed E-state index contributed by atoms with van der Waals surface area (Å²) in [6.45, 7) is 13.1. The average molecular weight is 398 g/mol. The van der Waals surface area contributed by atoms with Crippen LogP contribution >= 0.6 is 0 Å². The van der Waals surface area contributed by atoms with Gasteiger partial charge < -0.3 is 15.2 Å². The van der Waals surface area contributed by atoms with Crippen LogP contribution in [0.1, 0.15) is 55.2 Å². The molecule has 3 rings (SSSR count). The van der Waals surface area contributed by atoms with Crippen molar-refractivity contribution in [3.63, 3.8) is 0 Å². The van der Waals surface area contributed by atoms with Gasteiger partial charge in [-0.25, -0.2) is 0 Å². The fourth-order valence-corrected chi connectivity index (χ4v) is 4.10. The average Bonchev–Trinajstić information content (AvgIpc) is 3.06. The van der Waals surface area contributed by atoms with Crippen LogP contribution < -0.4 is 10.6 Å². The van der Waals surface area contributed by atoms with Crippen molar-refractivity contribution in [1.29, 1.82) is 0 Å². The highest BCUT2D eigenvalue weighted by atomic mass is 16.5. The molecular formula is C23H35N5O. The Morgan fingerprint density at radius 2 is 1.97 bits per heavy atom. The van der Waals surface area contributed by atoms with Gasteiger partial charge in [0.2, 0.25) is 0 Å². The number of aliphatic imine (C=N–C) groups is 1. The number of likely N-dealkylation sites (tertiary alicyclic amines) is 1. The van der Waals surface area contributed by atoms with Gasteiger partial charge in [-0.3, -0.25) is 9.89 Å². The lowest BCUT2D eigenvalue weighted by atomic mass is 10.00. The number of aryl methyl sites for hydroxylation is 2. The first-order chi connectivity index (χ1) is 14.1. The molecule has 0 saturated carbocycles. The summed E-state index contributed by atoms with van der Waals surface area (Å²) in [7, 11) is 0. The molecule has 0 radical (unpaired) electrons. The molecule has 0 bridgehead atoms. The molecule has 6 nitrogen and oxygen atoms in total. The highest BCUT2D eigenvalue weighted by Crippen LogP contribution is 2.23. The Morgan fingerprint density at radius 1 is 1.24 bits per heavy atom. The van der Waals surface area contributed by atoms with Crippen molar-refractivity contribution < 1.29 is 4.52 Å². The molecule has 2 N–H and O–H groups in total. The smallest absolute Gasteiger partial charge is 0.191 e. The second kappa shape index (κ2) is 10.4. The molecule has 6 heteroatoms. The molecule has 29 heavy (non-hydrogen) atoms. The predicted octanol–water partition coefficient (Wildman–Crippen LogP) is 3.61. The maximum atomic E-state index is 5.31. The number of aromatic nitrogens is 1. The fourth-order valence-electron chi connectivity index (χ4n) is 4.10. The summed E-state index contributed by atoms with van der Waals surface area (Å²) in [5.41, 5.74) is 3.54. The van der Waals surface area contributed by atoms with Gasteiger partial charge >= 0.3 is 0 Å². The number of nitrogens with one attached hydrogen (secondary N) is 2. The van der Waals surface area contributed by atoms with Crippen LogP contribution in [0.3, 0.4) is 0 Å². The van der Waals surface area contributed by atoms with Crippen LogP contribution in [0.15, 0.2) is 39.8 Å². The van der Waals surface area contributed by atoms with Crippen molar-refractivity contribution in [3.8, 4) is 0 Å². The molecule has 1 aliphatic heterocycles. The minimum atomic E-state index is 0.282. The first kappa shape index (κ1) is 21.4. The van der Waals surface area contributed by atoms with Gasteiger partial charge in [0, 0.05) is 50.2 Å². The molecule has 1 aromatic heterocycles. The van der Waals surface area contributed by atoms with E-state index >= 15 is 0 Å². The molecule has 1 aromatic carbocycles. The molecule has 1 saturated heterocycles. The zero-order valence-electron chi connectivity index (χ0n) is 18.2. The van der Waals surface area contributed by atoms with Crippen molar-refractivity contribution >= 4 is 5.96 Å². The summed E-state index contributed by atoms with van der Waals surface area (Å²) < 4.78 is 5.31. The zero-order chi connectivity index (χ0) is 20.6. The van der Waals surface area contributed by atoms with Gasteiger partial charge in [-0.05, 0) is 39.2 Å². The summed E-state index contributed by atoms with van der Waals surface area (Å²) in [5, 5.41) is 11.1.